The summed E-state index contributed by atoms with van der Waals surface area (Å²) in [6.45, 7) is 4.93. The van der Waals surface area contributed by atoms with E-state index < -0.39 is 12.1 Å². The third-order valence-electron chi connectivity index (χ3n) is 3.70. The van der Waals surface area contributed by atoms with Crippen LogP contribution in [0, 0.1) is 11.8 Å². The van der Waals surface area contributed by atoms with Crippen LogP contribution in [0.5, 0.6) is 0 Å². The van der Waals surface area contributed by atoms with Crippen molar-refractivity contribution < 1.29 is 14.7 Å². The van der Waals surface area contributed by atoms with Crippen molar-refractivity contribution >= 4 is 11.9 Å². The molecule has 0 spiro atoms. The van der Waals surface area contributed by atoms with Crippen molar-refractivity contribution in [1.29, 1.82) is 0 Å². The molecule has 0 aromatic rings. The van der Waals surface area contributed by atoms with Crippen molar-refractivity contribution in [2.45, 2.75) is 39.2 Å². The number of rotatable bonds is 6. The summed E-state index contributed by atoms with van der Waals surface area (Å²) in [5, 5.41) is 17.2. The molecule has 0 aromatic carbocycles. The molecule has 6 heteroatoms. The number of carbonyl (C=O) groups is 2. The Labute approximate surface area is 114 Å². The number of amides is 3. The maximum Gasteiger partial charge on any atom is 0.321 e. The predicted molar refractivity (Wildman–Crippen MR) is 72.6 cm³/mol. The van der Waals surface area contributed by atoms with Gasteiger partial charge in [0.2, 0.25) is 5.91 Å². The Morgan fingerprint density at radius 1 is 1.32 bits per heavy atom. The molecule has 1 saturated carbocycles. The van der Waals surface area contributed by atoms with Crippen LogP contribution in [0.4, 0.5) is 4.79 Å². The molecule has 0 bridgehead atoms. The standard InChI is InChI=1S/C13H25N3O3/c1-3-14-13(19)16-12(18)9(2)15-7-10-5-4-6-11(10)8-17/h9-11,15,17H,3-8H2,1-2H3,(H2,14,16,18,19). The van der Waals surface area contributed by atoms with Gasteiger partial charge in [0.25, 0.3) is 0 Å². The fourth-order valence-corrected chi connectivity index (χ4v) is 2.47. The first kappa shape index (κ1) is 15.9. The summed E-state index contributed by atoms with van der Waals surface area (Å²) in [6, 6.07) is -0.877. The first-order valence-electron chi connectivity index (χ1n) is 7.01. The molecule has 110 valence electrons. The Bertz CT molecular complexity index is 310. The zero-order valence-corrected chi connectivity index (χ0v) is 11.7. The number of hydrogen-bond donors (Lipinski definition) is 4. The third kappa shape index (κ3) is 5.16. The highest BCUT2D eigenvalue weighted by Gasteiger charge is 2.27. The van der Waals surface area contributed by atoms with Gasteiger partial charge in [-0.05, 0) is 45.1 Å². The lowest BCUT2D eigenvalue weighted by Gasteiger charge is -2.20. The smallest absolute Gasteiger partial charge is 0.321 e. The summed E-state index contributed by atoms with van der Waals surface area (Å²) in [7, 11) is 0. The van der Waals surface area contributed by atoms with Crippen LogP contribution in [-0.2, 0) is 4.79 Å². The fraction of sp³-hybridized carbons (Fsp3) is 0.846. The Kier molecular flexibility index (Phi) is 6.80. The normalized spacial score (nSPS) is 23.9. The molecule has 3 amide bonds. The molecule has 1 fully saturated rings. The molecule has 1 aliphatic rings. The van der Waals surface area contributed by atoms with E-state index in [4.69, 9.17) is 0 Å². The van der Waals surface area contributed by atoms with E-state index in [9.17, 15) is 14.7 Å². The van der Waals surface area contributed by atoms with Gasteiger partial charge in [-0.3, -0.25) is 10.1 Å². The van der Waals surface area contributed by atoms with Gasteiger partial charge >= 0.3 is 6.03 Å². The van der Waals surface area contributed by atoms with Crippen LogP contribution in [0.2, 0.25) is 0 Å². The van der Waals surface area contributed by atoms with Gasteiger partial charge in [-0.1, -0.05) is 6.42 Å². The highest BCUT2D eigenvalue weighted by Crippen LogP contribution is 2.30. The van der Waals surface area contributed by atoms with Gasteiger partial charge in [0, 0.05) is 13.2 Å². The second-order valence-electron chi connectivity index (χ2n) is 5.11. The second kappa shape index (κ2) is 8.12. The van der Waals surface area contributed by atoms with Gasteiger partial charge < -0.3 is 15.7 Å². The summed E-state index contributed by atoms with van der Waals surface area (Å²) in [4.78, 5) is 22.9. The molecular weight excluding hydrogens is 246 g/mol. The first-order chi connectivity index (χ1) is 9.08. The van der Waals surface area contributed by atoms with E-state index in [1.165, 1.54) is 0 Å². The predicted octanol–water partition coefficient (Wildman–Crippen LogP) is 0.219. The molecule has 4 N–H and O–H groups in total. The summed E-state index contributed by atoms with van der Waals surface area (Å²) in [5.74, 6) is 0.431. The van der Waals surface area contributed by atoms with E-state index in [1.807, 2.05) is 0 Å². The number of aliphatic hydroxyl groups excluding tert-OH is 1. The number of carbonyl (C=O) groups excluding carboxylic acids is 2. The average molecular weight is 271 g/mol. The molecule has 3 atom stereocenters. The van der Waals surface area contributed by atoms with E-state index in [0.29, 0.717) is 24.9 Å². The minimum Gasteiger partial charge on any atom is -0.396 e. The maximum atomic E-state index is 11.7. The molecule has 0 aliphatic heterocycles. The van der Waals surface area contributed by atoms with Gasteiger partial charge in [-0.2, -0.15) is 0 Å². The van der Waals surface area contributed by atoms with Crippen molar-refractivity contribution in [3.63, 3.8) is 0 Å². The van der Waals surface area contributed by atoms with Crippen molar-refractivity contribution in [1.82, 2.24) is 16.0 Å². The highest BCUT2D eigenvalue weighted by molar-refractivity contribution is 5.96. The van der Waals surface area contributed by atoms with E-state index in [-0.39, 0.29) is 12.5 Å². The molecule has 6 nitrogen and oxygen atoms in total. The minimum atomic E-state index is -0.463. The Morgan fingerprint density at radius 2 is 2.00 bits per heavy atom. The van der Waals surface area contributed by atoms with Crippen LogP contribution in [0.25, 0.3) is 0 Å². The number of imide groups is 1. The number of nitrogens with one attached hydrogen (secondary N) is 3. The van der Waals surface area contributed by atoms with Gasteiger partial charge in [-0.15, -0.1) is 0 Å². The SMILES string of the molecule is CCNC(=O)NC(=O)C(C)NCC1CCCC1CO. The van der Waals surface area contributed by atoms with Crippen molar-refractivity contribution in [3.8, 4) is 0 Å². The van der Waals surface area contributed by atoms with Crippen molar-refractivity contribution in [2.75, 3.05) is 19.7 Å². The molecule has 1 aliphatic carbocycles. The summed E-state index contributed by atoms with van der Waals surface area (Å²) < 4.78 is 0. The monoisotopic (exact) mass is 271 g/mol. The van der Waals surface area contributed by atoms with Gasteiger partial charge in [0.1, 0.15) is 0 Å². The Morgan fingerprint density at radius 3 is 2.63 bits per heavy atom. The van der Waals surface area contributed by atoms with Crippen LogP contribution in [0.15, 0.2) is 0 Å². The van der Waals surface area contributed by atoms with Crippen molar-refractivity contribution in [3.05, 3.63) is 0 Å². The fourth-order valence-electron chi connectivity index (χ4n) is 2.47. The van der Waals surface area contributed by atoms with E-state index >= 15 is 0 Å². The van der Waals surface area contributed by atoms with Crippen LogP contribution in [0.3, 0.4) is 0 Å². The molecule has 0 heterocycles. The summed E-state index contributed by atoms with van der Waals surface area (Å²) in [5.41, 5.74) is 0. The average Bonchev–Trinajstić information content (AvgIpc) is 2.83. The Balaban J connectivity index is 2.28. The highest BCUT2D eigenvalue weighted by atomic mass is 16.3. The zero-order chi connectivity index (χ0) is 14.3. The quantitative estimate of drug-likeness (QED) is 0.556. The third-order valence-corrected chi connectivity index (χ3v) is 3.70. The molecular formula is C13H25N3O3. The van der Waals surface area contributed by atoms with E-state index in [0.717, 1.165) is 19.3 Å². The van der Waals surface area contributed by atoms with Gasteiger partial charge in [-0.25, -0.2) is 4.79 Å². The van der Waals surface area contributed by atoms with Crippen LogP contribution < -0.4 is 16.0 Å². The van der Waals surface area contributed by atoms with Gasteiger partial charge in [0.15, 0.2) is 0 Å². The summed E-state index contributed by atoms with van der Waals surface area (Å²) in [6.07, 6.45) is 3.28. The Hall–Kier alpha value is -1.14. The van der Waals surface area contributed by atoms with Crippen LogP contribution in [-0.4, -0.2) is 42.8 Å². The number of hydrogen-bond acceptors (Lipinski definition) is 4. The molecule has 19 heavy (non-hydrogen) atoms. The first-order valence-corrected chi connectivity index (χ1v) is 7.01. The lowest BCUT2D eigenvalue weighted by atomic mass is 9.97. The molecule has 0 aromatic heterocycles. The topological polar surface area (TPSA) is 90.5 Å². The maximum absolute atomic E-state index is 11.7. The van der Waals surface area contributed by atoms with E-state index in [2.05, 4.69) is 16.0 Å². The number of urea groups is 1. The van der Waals surface area contributed by atoms with E-state index in [1.54, 1.807) is 13.8 Å². The largest absolute Gasteiger partial charge is 0.396 e. The lowest BCUT2D eigenvalue weighted by molar-refractivity contribution is -0.121. The zero-order valence-electron chi connectivity index (χ0n) is 11.7. The molecule has 0 saturated heterocycles. The second-order valence-corrected chi connectivity index (χ2v) is 5.11. The molecule has 0 radical (unpaired) electrons. The van der Waals surface area contributed by atoms with Gasteiger partial charge in [0.05, 0.1) is 6.04 Å². The van der Waals surface area contributed by atoms with Crippen molar-refractivity contribution in [2.24, 2.45) is 11.8 Å². The van der Waals surface area contributed by atoms with Crippen LogP contribution >= 0.6 is 0 Å². The van der Waals surface area contributed by atoms with Crippen LogP contribution in [0.1, 0.15) is 33.1 Å². The molecule has 3 unspecified atom stereocenters. The number of aliphatic hydroxyl groups is 1. The lowest BCUT2D eigenvalue weighted by Crippen LogP contribution is -2.49. The summed E-state index contributed by atoms with van der Waals surface area (Å²) >= 11 is 0. The minimum absolute atomic E-state index is 0.214. The molecule has 1 rings (SSSR count).